The van der Waals surface area contributed by atoms with Crippen molar-refractivity contribution in [2.24, 2.45) is 0 Å². The molecule has 0 saturated heterocycles. The Hall–Kier alpha value is -3.60. The molecular weight excluding hydrogens is 388 g/mol. The first-order valence-corrected chi connectivity index (χ1v) is 10.4. The maximum absolute atomic E-state index is 13.5. The molecule has 0 fully saturated rings. The first kappa shape index (κ1) is 20.7. The Labute approximate surface area is 182 Å². The normalized spacial score (nSPS) is 17.7. The van der Waals surface area contributed by atoms with Crippen LogP contribution in [-0.4, -0.2) is 29.4 Å². The van der Waals surface area contributed by atoms with E-state index < -0.39 is 5.54 Å². The van der Waals surface area contributed by atoms with Crippen molar-refractivity contribution in [2.75, 3.05) is 7.11 Å². The molecule has 0 bridgehead atoms. The van der Waals surface area contributed by atoms with Crippen molar-refractivity contribution in [3.63, 3.8) is 0 Å². The van der Waals surface area contributed by atoms with Gasteiger partial charge in [-0.2, -0.15) is 0 Å². The zero-order chi connectivity index (χ0) is 21.8. The van der Waals surface area contributed by atoms with Gasteiger partial charge >= 0.3 is 0 Å². The van der Waals surface area contributed by atoms with Crippen molar-refractivity contribution in [3.05, 3.63) is 101 Å². The van der Waals surface area contributed by atoms with E-state index in [1.165, 1.54) is 0 Å². The van der Waals surface area contributed by atoms with Crippen molar-refractivity contribution in [1.82, 2.24) is 10.2 Å². The van der Waals surface area contributed by atoms with Gasteiger partial charge in [-0.1, -0.05) is 66.7 Å². The van der Waals surface area contributed by atoms with E-state index in [-0.39, 0.29) is 11.8 Å². The van der Waals surface area contributed by atoms with Gasteiger partial charge in [-0.3, -0.25) is 9.59 Å². The van der Waals surface area contributed by atoms with E-state index in [1.807, 2.05) is 85.8 Å². The number of para-hydroxylation sites is 1. The zero-order valence-corrected chi connectivity index (χ0v) is 17.8. The average molecular weight is 415 g/mol. The Kier molecular flexibility index (Phi) is 5.76. The first-order chi connectivity index (χ1) is 15.0. The van der Waals surface area contributed by atoms with Gasteiger partial charge in [0, 0.05) is 30.6 Å². The number of ether oxygens (including phenoxy) is 1. The molecule has 1 atom stereocenters. The Balaban J connectivity index is 1.64. The molecule has 1 N–H and O–H groups in total. The van der Waals surface area contributed by atoms with E-state index >= 15 is 0 Å². The number of carbonyl (C=O) groups excluding carboxylic acids is 2. The number of nitrogens with one attached hydrogen (secondary N) is 1. The van der Waals surface area contributed by atoms with Crippen molar-refractivity contribution in [2.45, 2.75) is 32.0 Å². The molecule has 0 radical (unpaired) electrons. The number of nitrogens with zero attached hydrogens (tertiary/aromatic N) is 1. The third-order valence-electron chi connectivity index (χ3n) is 5.93. The molecule has 2 amide bonds. The van der Waals surface area contributed by atoms with Gasteiger partial charge in [-0.15, -0.1) is 0 Å². The summed E-state index contributed by atoms with van der Waals surface area (Å²) in [5, 5.41) is 3.04. The molecule has 1 aliphatic rings. The minimum Gasteiger partial charge on any atom is -0.496 e. The van der Waals surface area contributed by atoms with Gasteiger partial charge in [0.25, 0.3) is 5.91 Å². The van der Waals surface area contributed by atoms with Crippen LogP contribution in [0.15, 0.2) is 78.9 Å². The number of hydrogen-bond acceptors (Lipinski definition) is 3. The SMILES string of the molecule is COc1ccccc1CNC(=O)[C@]1(C)Cc2ccccc2C(=O)N1Cc1ccccc1. The molecule has 0 aliphatic carbocycles. The van der Waals surface area contributed by atoms with Crippen molar-refractivity contribution in [3.8, 4) is 5.75 Å². The second-order valence-electron chi connectivity index (χ2n) is 7.98. The minimum absolute atomic E-state index is 0.124. The summed E-state index contributed by atoms with van der Waals surface area (Å²) in [6.45, 7) is 2.54. The highest BCUT2D eigenvalue weighted by Gasteiger charge is 2.46. The van der Waals surface area contributed by atoms with Gasteiger partial charge in [-0.25, -0.2) is 0 Å². The summed E-state index contributed by atoms with van der Waals surface area (Å²) in [7, 11) is 1.61. The molecule has 0 spiro atoms. The summed E-state index contributed by atoms with van der Waals surface area (Å²) in [5.41, 5.74) is 2.42. The molecule has 0 aromatic heterocycles. The minimum atomic E-state index is -1.01. The van der Waals surface area contributed by atoms with Crippen LogP contribution in [0.2, 0.25) is 0 Å². The molecule has 3 aromatic rings. The van der Waals surface area contributed by atoms with Crippen LogP contribution in [-0.2, 0) is 24.3 Å². The fourth-order valence-corrected chi connectivity index (χ4v) is 4.15. The van der Waals surface area contributed by atoms with Crippen molar-refractivity contribution >= 4 is 11.8 Å². The lowest BCUT2D eigenvalue weighted by atomic mass is 9.82. The molecule has 5 nitrogen and oxygen atoms in total. The van der Waals surface area contributed by atoms with E-state index in [0.29, 0.717) is 25.1 Å². The summed E-state index contributed by atoms with van der Waals surface area (Å²) in [6, 6.07) is 24.9. The van der Waals surface area contributed by atoms with Crippen LogP contribution in [0.3, 0.4) is 0 Å². The highest BCUT2D eigenvalue weighted by atomic mass is 16.5. The quantitative estimate of drug-likeness (QED) is 0.664. The lowest BCUT2D eigenvalue weighted by molar-refractivity contribution is -0.132. The molecule has 31 heavy (non-hydrogen) atoms. The smallest absolute Gasteiger partial charge is 0.255 e. The molecule has 1 heterocycles. The number of benzene rings is 3. The molecule has 3 aromatic carbocycles. The van der Waals surface area contributed by atoms with Gasteiger partial charge in [0.2, 0.25) is 5.91 Å². The summed E-state index contributed by atoms with van der Waals surface area (Å²) in [5.74, 6) is 0.414. The second-order valence-corrected chi connectivity index (χ2v) is 7.98. The zero-order valence-electron chi connectivity index (χ0n) is 17.8. The van der Waals surface area contributed by atoms with Gasteiger partial charge in [-0.05, 0) is 30.2 Å². The van der Waals surface area contributed by atoms with Crippen LogP contribution in [0.4, 0.5) is 0 Å². The van der Waals surface area contributed by atoms with E-state index in [4.69, 9.17) is 4.74 Å². The molecule has 0 unspecified atom stereocenters. The maximum Gasteiger partial charge on any atom is 0.255 e. The topological polar surface area (TPSA) is 58.6 Å². The van der Waals surface area contributed by atoms with Gasteiger partial charge in [0.15, 0.2) is 0 Å². The number of carbonyl (C=O) groups is 2. The van der Waals surface area contributed by atoms with Crippen LogP contribution >= 0.6 is 0 Å². The third-order valence-corrected chi connectivity index (χ3v) is 5.93. The number of hydrogen-bond donors (Lipinski definition) is 1. The molecule has 1 aliphatic heterocycles. The number of amides is 2. The van der Waals surface area contributed by atoms with E-state index in [0.717, 1.165) is 22.4 Å². The summed E-state index contributed by atoms with van der Waals surface area (Å²) in [4.78, 5) is 28.6. The lowest BCUT2D eigenvalue weighted by Gasteiger charge is -2.44. The molecule has 5 heteroatoms. The summed E-state index contributed by atoms with van der Waals surface area (Å²) < 4.78 is 5.40. The monoisotopic (exact) mass is 414 g/mol. The predicted molar refractivity (Wildman–Crippen MR) is 120 cm³/mol. The summed E-state index contributed by atoms with van der Waals surface area (Å²) in [6.07, 6.45) is 0.458. The average Bonchev–Trinajstić information content (AvgIpc) is 2.81. The van der Waals surface area contributed by atoms with Crippen LogP contribution < -0.4 is 10.1 Å². The van der Waals surface area contributed by atoms with E-state index in [1.54, 1.807) is 12.0 Å². The molecule has 158 valence electrons. The Morgan fingerprint density at radius 3 is 2.45 bits per heavy atom. The predicted octanol–water partition coefficient (Wildman–Crippen LogP) is 3.97. The first-order valence-electron chi connectivity index (χ1n) is 10.4. The van der Waals surface area contributed by atoms with Crippen LogP contribution in [0, 0.1) is 0 Å². The Bertz CT molecular complexity index is 1100. The molecule has 4 rings (SSSR count). The Morgan fingerprint density at radius 2 is 1.68 bits per heavy atom. The number of fused-ring (bicyclic) bond motifs is 1. The van der Waals surface area contributed by atoms with E-state index in [2.05, 4.69) is 5.32 Å². The maximum atomic E-state index is 13.5. The van der Waals surface area contributed by atoms with Gasteiger partial charge in [0.05, 0.1) is 7.11 Å². The number of methoxy groups -OCH3 is 1. The Morgan fingerprint density at radius 1 is 1.00 bits per heavy atom. The fraction of sp³-hybridized carbons (Fsp3) is 0.231. The van der Waals surface area contributed by atoms with Crippen molar-refractivity contribution < 1.29 is 14.3 Å². The van der Waals surface area contributed by atoms with Crippen LogP contribution in [0.1, 0.15) is 34.0 Å². The van der Waals surface area contributed by atoms with Crippen LogP contribution in [0.25, 0.3) is 0 Å². The van der Waals surface area contributed by atoms with E-state index in [9.17, 15) is 9.59 Å². The molecular formula is C26H26N2O3. The van der Waals surface area contributed by atoms with Crippen molar-refractivity contribution in [1.29, 1.82) is 0 Å². The second kappa shape index (κ2) is 8.64. The fourth-order valence-electron chi connectivity index (χ4n) is 4.15. The highest BCUT2D eigenvalue weighted by Crippen LogP contribution is 2.33. The highest BCUT2D eigenvalue weighted by molar-refractivity contribution is 6.02. The lowest BCUT2D eigenvalue weighted by Crippen LogP contribution is -2.62. The summed E-state index contributed by atoms with van der Waals surface area (Å²) >= 11 is 0. The number of rotatable bonds is 6. The van der Waals surface area contributed by atoms with Gasteiger partial charge < -0.3 is 15.0 Å². The van der Waals surface area contributed by atoms with Gasteiger partial charge in [0.1, 0.15) is 11.3 Å². The van der Waals surface area contributed by atoms with Crippen LogP contribution in [0.5, 0.6) is 5.75 Å². The standard InChI is InChI=1S/C26H26N2O3/c1-26(25(30)27-17-21-13-7-9-15-23(21)31-2)16-20-12-6-8-14-22(20)24(29)28(26)18-19-10-4-3-5-11-19/h3-15H,16-18H2,1-2H3,(H,27,30)/t26-/m0/s1. The largest absolute Gasteiger partial charge is 0.496 e. The third kappa shape index (κ3) is 4.04. The molecule has 0 saturated carbocycles.